The number of amides is 1. The van der Waals surface area contributed by atoms with Gasteiger partial charge in [0.25, 0.3) is 5.91 Å². The number of carbonyl (C=O) groups is 1. The van der Waals surface area contributed by atoms with Crippen molar-refractivity contribution in [2.24, 2.45) is 0 Å². The SMILES string of the molecule is O=C(C[NH+]1CCN(c2ccccc2O)CC1)NCCc1cccs1. The number of para-hydroxylation sites is 2. The highest BCUT2D eigenvalue weighted by atomic mass is 32.1. The Bertz CT molecular complexity index is 652. The number of nitrogens with zero attached hydrogens (tertiary/aromatic N) is 1. The Morgan fingerprint density at radius 1 is 1.21 bits per heavy atom. The molecular weight excluding hydrogens is 322 g/mol. The lowest BCUT2D eigenvalue weighted by Gasteiger charge is -2.33. The van der Waals surface area contributed by atoms with Gasteiger partial charge in [0, 0.05) is 11.4 Å². The molecule has 3 N–H and O–H groups in total. The van der Waals surface area contributed by atoms with Crippen molar-refractivity contribution in [3.05, 3.63) is 46.7 Å². The molecule has 1 aromatic carbocycles. The first-order valence-corrected chi connectivity index (χ1v) is 9.26. The van der Waals surface area contributed by atoms with Gasteiger partial charge in [-0.2, -0.15) is 0 Å². The summed E-state index contributed by atoms with van der Waals surface area (Å²) in [5.74, 6) is 0.449. The van der Waals surface area contributed by atoms with E-state index in [9.17, 15) is 9.90 Å². The quantitative estimate of drug-likeness (QED) is 0.715. The summed E-state index contributed by atoms with van der Waals surface area (Å²) in [6.07, 6.45) is 0.903. The molecule has 128 valence electrons. The minimum atomic E-state index is 0.123. The first kappa shape index (κ1) is 16.8. The van der Waals surface area contributed by atoms with Crippen molar-refractivity contribution >= 4 is 22.9 Å². The van der Waals surface area contributed by atoms with Gasteiger partial charge < -0.3 is 20.2 Å². The lowest BCUT2D eigenvalue weighted by Crippen LogP contribution is -3.16. The second-order valence-electron chi connectivity index (χ2n) is 6.08. The summed E-state index contributed by atoms with van der Waals surface area (Å²) < 4.78 is 0. The number of aromatic hydroxyl groups is 1. The van der Waals surface area contributed by atoms with Crippen LogP contribution in [0, 0.1) is 0 Å². The number of carbonyl (C=O) groups excluding carboxylic acids is 1. The average Bonchev–Trinajstić information content (AvgIpc) is 3.10. The molecule has 0 saturated carbocycles. The normalized spacial score (nSPS) is 15.4. The zero-order valence-corrected chi connectivity index (χ0v) is 14.5. The average molecular weight is 346 g/mol. The number of anilines is 1. The van der Waals surface area contributed by atoms with Crippen molar-refractivity contribution in [1.82, 2.24) is 5.32 Å². The number of piperazine rings is 1. The molecule has 0 radical (unpaired) electrons. The molecule has 24 heavy (non-hydrogen) atoms. The highest BCUT2D eigenvalue weighted by Gasteiger charge is 2.23. The summed E-state index contributed by atoms with van der Waals surface area (Å²) in [6.45, 7) is 4.76. The molecule has 1 saturated heterocycles. The third-order valence-corrected chi connectivity index (χ3v) is 5.31. The second-order valence-corrected chi connectivity index (χ2v) is 7.11. The predicted octanol–water partition coefficient (Wildman–Crippen LogP) is 0.518. The second kappa shape index (κ2) is 8.17. The van der Waals surface area contributed by atoms with Crippen LogP contribution < -0.4 is 15.1 Å². The van der Waals surface area contributed by atoms with Crippen molar-refractivity contribution in [1.29, 1.82) is 0 Å². The third-order valence-electron chi connectivity index (χ3n) is 4.38. The van der Waals surface area contributed by atoms with Crippen molar-refractivity contribution in [3.63, 3.8) is 0 Å². The molecule has 0 bridgehead atoms. The third kappa shape index (κ3) is 4.49. The maximum atomic E-state index is 12.1. The molecule has 0 unspecified atom stereocenters. The van der Waals surface area contributed by atoms with Crippen LogP contribution in [-0.2, 0) is 11.2 Å². The number of benzene rings is 1. The number of thiophene rings is 1. The molecule has 0 spiro atoms. The van der Waals surface area contributed by atoms with E-state index in [0.29, 0.717) is 18.8 Å². The Morgan fingerprint density at radius 3 is 2.71 bits per heavy atom. The monoisotopic (exact) mass is 346 g/mol. The summed E-state index contributed by atoms with van der Waals surface area (Å²) >= 11 is 1.73. The zero-order valence-electron chi connectivity index (χ0n) is 13.7. The maximum Gasteiger partial charge on any atom is 0.275 e. The van der Waals surface area contributed by atoms with Crippen molar-refractivity contribution in [3.8, 4) is 5.75 Å². The van der Waals surface area contributed by atoms with Gasteiger partial charge in [0.05, 0.1) is 31.9 Å². The van der Waals surface area contributed by atoms with Gasteiger partial charge in [0.15, 0.2) is 6.54 Å². The number of hydrogen-bond acceptors (Lipinski definition) is 4. The van der Waals surface area contributed by atoms with Crippen LogP contribution in [0.2, 0.25) is 0 Å². The largest absolute Gasteiger partial charge is 0.506 e. The topological polar surface area (TPSA) is 57.0 Å². The fraction of sp³-hybridized carbons (Fsp3) is 0.389. The lowest BCUT2D eigenvalue weighted by atomic mass is 10.2. The van der Waals surface area contributed by atoms with Gasteiger partial charge in [0.1, 0.15) is 5.75 Å². The number of hydrogen-bond donors (Lipinski definition) is 3. The van der Waals surface area contributed by atoms with Gasteiger partial charge in [-0.1, -0.05) is 18.2 Å². The number of phenolic OH excluding ortho intramolecular Hbond substituents is 1. The first-order valence-electron chi connectivity index (χ1n) is 8.38. The number of nitrogens with one attached hydrogen (secondary N) is 2. The Morgan fingerprint density at radius 2 is 2.00 bits per heavy atom. The van der Waals surface area contributed by atoms with E-state index in [1.54, 1.807) is 17.4 Å². The Balaban J connectivity index is 1.39. The van der Waals surface area contributed by atoms with E-state index in [1.807, 2.05) is 24.3 Å². The van der Waals surface area contributed by atoms with E-state index in [2.05, 4.69) is 21.7 Å². The van der Waals surface area contributed by atoms with Crippen molar-refractivity contribution < 1.29 is 14.8 Å². The minimum absolute atomic E-state index is 0.123. The van der Waals surface area contributed by atoms with Crippen LogP contribution in [0.4, 0.5) is 5.69 Å². The summed E-state index contributed by atoms with van der Waals surface area (Å²) in [5.41, 5.74) is 0.886. The molecule has 1 fully saturated rings. The summed E-state index contributed by atoms with van der Waals surface area (Å²) in [5, 5.41) is 15.0. The molecule has 3 rings (SSSR count). The highest BCUT2D eigenvalue weighted by molar-refractivity contribution is 7.09. The summed E-state index contributed by atoms with van der Waals surface area (Å²) in [6, 6.07) is 11.6. The molecule has 2 heterocycles. The van der Waals surface area contributed by atoms with Gasteiger partial charge in [-0.05, 0) is 30.0 Å². The van der Waals surface area contributed by atoms with Crippen LogP contribution in [-0.4, -0.2) is 50.3 Å². The van der Waals surface area contributed by atoms with Gasteiger partial charge in [-0.15, -0.1) is 11.3 Å². The molecule has 0 aliphatic carbocycles. The molecule has 5 nitrogen and oxygen atoms in total. The predicted molar refractivity (Wildman–Crippen MR) is 96.9 cm³/mol. The Kier molecular flexibility index (Phi) is 5.72. The number of quaternary nitrogens is 1. The first-order chi connectivity index (χ1) is 11.7. The van der Waals surface area contributed by atoms with Crippen LogP contribution in [0.15, 0.2) is 41.8 Å². The van der Waals surface area contributed by atoms with Crippen molar-refractivity contribution in [2.75, 3.05) is 44.2 Å². The molecule has 2 aromatic rings. The molecule has 6 heteroatoms. The smallest absolute Gasteiger partial charge is 0.275 e. The fourth-order valence-electron chi connectivity index (χ4n) is 3.04. The van der Waals surface area contributed by atoms with Gasteiger partial charge in [0.2, 0.25) is 0 Å². The fourth-order valence-corrected chi connectivity index (χ4v) is 3.75. The van der Waals surface area contributed by atoms with E-state index in [1.165, 1.54) is 9.78 Å². The number of rotatable bonds is 6. The molecule has 1 aromatic heterocycles. The van der Waals surface area contributed by atoms with E-state index < -0.39 is 0 Å². The van der Waals surface area contributed by atoms with E-state index in [-0.39, 0.29) is 5.91 Å². The van der Waals surface area contributed by atoms with Crippen LogP contribution >= 0.6 is 11.3 Å². The van der Waals surface area contributed by atoms with E-state index >= 15 is 0 Å². The van der Waals surface area contributed by atoms with Crippen LogP contribution in [0.1, 0.15) is 4.88 Å². The minimum Gasteiger partial charge on any atom is -0.506 e. The summed E-state index contributed by atoms with van der Waals surface area (Å²) in [4.78, 5) is 16.9. The molecule has 1 aliphatic heterocycles. The van der Waals surface area contributed by atoms with Crippen LogP contribution in [0.3, 0.4) is 0 Å². The highest BCUT2D eigenvalue weighted by Crippen LogP contribution is 2.25. The molecule has 1 amide bonds. The standard InChI is InChI=1S/C18H23N3O2S/c22-17-6-2-1-5-16(17)21-11-9-20(10-12-21)14-18(23)19-8-7-15-4-3-13-24-15/h1-6,13,22H,7-12,14H2,(H,19,23)/p+1. The van der Waals surface area contributed by atoms with Gasteiger partial charge >= 0.3 is 0 Å². The molecule has 1 aliphatic rings. The number of phenols is 1. The zero-order chi connectivity index (χ0) is 16.8. The van der Waals surface area contributed by atoms with Gasteiger partial charge in [-0.25, -0.2) is 0 Å². The maximum absolute atomic E-state index is 12.1. The Labute approximate surface area is 146 Å². The Hall–Kier alpha value is -2.05. The van der Waals surface area contributed by atoms with Gasteiger partial charge in [-0.3, -0.25) is 4.79 Å². The summed E-state index contributed by atoms with van der Waals surface area (Å²) in [7, 11) is 0. The van der Waals surface area contributed by atoms with E-state index in [0.717, 1.165) is 38.3 Å². The lowest BCUT2D eigenvalue weighted by molar-refractivity contribution is -0.892. The molecular formula is C18H24N3O2S+. The van der Waals surface area contributed by atoms with Crippen LogP contribution in [0.5, 0.6) is 5.75 Å². The molecule has 0 atom stereocenters. The van der Waals surface area contributed by atoms with E-state index in [4.69, 9.17) is 0 Å². The van der Waals surface area contributed by atoms with Crippen molar-refractivity contribution in [2.45, 2.75) is 6.42 Å². The van der Waals surface area contributed by atoms with Crippen LogP contribution in [0.25, 0.3) is 0 Å².